The molecule has 0 radical (unpaired) electrons. The highest BCUT2D eigenvalue weighted by Gasteiger charge is 2.07. The summed E-state index contributed by atoms with van der Waals surface area (Å²) in [6.07, 6.45) is 0.830. The van der Waals surface area contributed by atoms with Crippen molar-refractivity contribution in [3.05, 3.63) is 0 Å². The summed E-state index contributed by atoms with van der Waals surface area (Å²) in [5.41, 5.74) is 13.9. The summed E-state index contributed by atoms with van der Waals surface area (Å²) in [5, 5.41) is 55.3. The Bertz CT molecular complexity index is 724. The van der Waals surface area contributed by atoms with Gasteiger partial charge in [0.15, 0.2) is 11.6 Å². The van der Waals surface area contributed by atoms with Gasteiger partial charge in [-0.05, 0) is 0 Å². The van der Waals surface area contributed by atoms with Gasteiger partial charge < -0.3 is 72.8 Å². The fourth-order valence-electron chi connectivity index (χ4n) is 1.66. The summed E-state index contributed by atoms with van der Waals surface area (Å²) >= 11 is 0. The van der Waals surface area contributed by atoms with E-state index in [0.717, 1.165) is 25.9 Å². The van der Waals surface area contributed by atoms with E-state index in [9.17, 15) is 58.8 Å². The lowest BCUT2D eigenvalue weighted by molar-refractivity contribution is -0.441. The topological polar surface area (TPSA) is 380 Å². The molecule has 38 heavy (non-hydrogen) atoms. The van der Waals surface area contributed by atoms with Gasteiger partial charge in [-0.25, -0.2) is 0 Å². The number of aliphatic carboxylic acids is 6. The first kappa shape index (κ1) is 41.1. The third kappa shape index (κ3) is 34.2. The lowest BCUT2D eigenvalue weighted by Gasteiger charge is -2.06. The molecule has 0 amide bonds. The minimum atomic E-state index is -1.83. The monoisotopic (exact) mass is 556 g/mol. The first-order chi connectivity index (χ1) is 17.4. The second-order valence-electron chi connectivity index (χ2n) is 7.23. The smallest absolute Gasteiger partial charge is 0.303 e. The van der Waals surface area contributed by atoms with E-state index in [1.54, 1.807) is 0 Å². The van der Waals surface area contributed by atoms with Gasteiger partial charge in [0.1, 0.15) is 24.0 Å². The number of carboxylic acids is 6. The third-order valence-corrected chi connectivity index (χ3v) is 3.86. The number of ketones is 2. The molecule has 0 fully saturated rings. The Morgan fingerprint density at radius 1 is 0.553 bits per heavy atom. The van der Waals surface area contributed by atoms with Crippen LogP contribution < -0.4 is 43.4 Å². The molecule has 0 aromatic rings. The zero-order valence-corrected chi connectivity index (χ0v) is 20.8. The maximum Gasteiger partial charge on any atom is 0.303 e. The molecular formula is C20H36N4O14. The molecular weight excluding hydrogens is 520 g/mol. The zero-order chi connectivity index (χ0) is 30.8. The minimum absolute atomic E-state index is 0.465. The SMILES string of the molecule is O=C(O)CCC(=O)C(=O)[O-].O=C(O)CCC(=O)C(=O)[O-].[NH3+]CCC[C@H]([NH3+])C(=O)[O-].[NH3+]CCC[C@H]([NH3+])C(=O)[O-]. The highest BCUT2D eigenvalue weighted by atomic mass is 16.4. The van der Waals surface area contributed by atoms with Gasteiger partial charge in [-0.3, -0.25) is 19.2 Å². The summed E-state index contributed by atoms with van der Waals surface area (Å²) in [6.45, 7) is 1.53. The molecule has 0 saturated carbocycles. The third-order valence-electron chi connectivity index (χ3n) is 3.86. The molecule has 0 aliphatic rings. The lowest BCUT2D eigenvalue weighted by atomic mass is 10.2. The molecule has 0 aromatic carbocycles. The van der Waals surface area contributed by atoms with Crippen molar-refractivity contribution in [3.63, 3.8) is 0 Å². The second kappa shape index (κ2) is 26.1. The fraction of sp³-hybridized carbons (Fsp3) is 0.600. The van der Waals surface area contributed by atoms with Crippen LogP contribution in [0.5, 0.6) is 0 Å². The standard InChI is InChI=1S/2C5H12N2O2.2C5H6O5/c2*6-3-1-2-4(7)5(8)9;2*6-3(5(9)10)1-2-4(7)8/h2*4H,1-3,6-7H2,(H,8,9);2*1-2H2,(H,7,8)(H,9,10)/t2*4-;;/m00../s1. The highest BCUT2D eigenvalue weighted by molar-refractivity contribution is 6.32. The van der Waals surface area contributed by atoms with Crippen LogP contribution in [0, 0.1) is 0 Å². The molecule has 0 aliphatic heterocycles. The normalized spacial score (nSPS) is 10.8. The van der Waals surface area contributed by atoms with Crippen LogP contribution in [0.25, 0.3) is 0 Å². The van der Waals surface area contributed by atoms with Gasteiger partial charge >= 0.3 is 11.9 Å². The average molecular weight is 557 g/mol. The van der Waals surface area contributed by atoms with Crippen LogP contribution in [0.4, 0.5) is 0 Å². The average Bonchev–Trinajstić information content (AvgIpc) is 2.83. The van der Waals surface area contributed by atoms with E-state index in [-0.39, 0.29) is 0 Å². The molecule has 18 heteroatoms. The highest BCUT2D eigenvalue weighted by Crippen LogP contribution is 1.90. The van der Waals surface area contributed by atoms with Crippen LogP contribution >= 0.6 is 0 Å². The van der Waals surface area contributed by atoms with Gasteiger partial charge in [-0.1, -0.05) is 0 Å². The van der Waals surface area contributed by atoms with Gasteiger partial charge in [0.25, 0.3) is 0 Å². The molecule has 0 unspecified atom stereocenters. The number of hydrogen-bond donors (Lipinski definition) is 6. The van der Waals surface area contributed by atoms with Crippen molar-refractivity contribution < 1.29 is 91.9 Å². The zero-order valence-electron chi connectivity index (χ0n) is 20.8. The Morgan fingerprint density at radius 3 is 0.974 bits per heavy atom. The molecule has 0 aliphatic carbocycles. The van der Waals surface area contributed by atoms with E-state index in [0.29, 0.717) is 12.8 Å². The fourth-order valence-corrected chi connectivity index (χ4v) is 1.66. The predicted octanol–water partition coefficient (Wildman–Crippen LogP) is -10.9. The molecule has 2 atom stereocenters. The van der Waals surface area contributed by atoms with Gasteiger partial charge in [0, 0.05) is 38.5 Å². The maximum absolute atomic E-state index is 10.1. The van der Waals surface area contributed by atoms with E-state index in [2.05, 4.69) is 22.9 Å². The molecule has 0 aromatic heterocycles. The van der Waals surface area contributed by atoms with Crippen LogP contribution in [-0.4, -0.2) is 82.8 Å². The van der Waals surface area contributed by atoms with Gasteiger partial charge in [-0.15, -0.1) is 0 Å². The molecule has 18 nitrogen and oxygen atoms in total. The molecule has 0 bridgehead atoms. The van der Waals surface area contributed by atoms with Crippen LogP contribution in [-0.2, 0) is 38.4 Å². The number of carbonyl (C=O) groups excluding carboxylic acids is 6. The van der Waals surface area contributed by atoms with Gasteiger partial charge in [-0.2, -0.15) is 0 Å². The molecule has 220 valence electrons. The number of carboxylic acid groups (broad SMARTS) is 6. The molecule has 0 heterocycles. The number of Topliss-reactive ketones (excluding diaryl/α,β-unsaturated/α-hetero) is 2. The Hall–Kier alpha value is -4.00. The van der Waals surface area contributed by atoms with Crippen LogP contribution in [0.15, 0.2) is 0 Å². The largest absolute Gasteiger partial charge is 0.544 e. The second-order valence-corrected chi connectivity index (χ2v) is 7.23. The molecule has 0 spiro atoms. The van der Waals surface area contributed by atoms with Gasteiger partial charge in [0.2, 0.25) is 0 Å². The summed E-state index contributed by atoms with van der Waals surface area (Å²) in [4.78, 5) is 79.1. The molecule has 0 rings (SSSR count). The number of hydrogen-bond acceptors (Lipinski definition) is 12. The van der Waals surface area contributed by atoms with Gasteiger partial charge in [0.05, 0.1) is 37.9 Å². The first-order valence-electron chi connectivity index (χ1n) is 11.0. The van der Waals surface area contributed by atoms with Crippen LogP contribution in [0.2, 0.25) is 0 Å². The Labute approximate surface area is 216 Å². The van der Waals surface area contributed by atoms with E-state index < -0.39 is 85.1 Å². The summed E-state index contributed by atoms with van der Waals surface area (Å²) in [7, 11) is 0. The number of rotatable bonds is 16. The Morgan fingerprint density at radius 2 is 0.816 bits per heavy atom. The van der Waals surface area contributed by atoms with Crippen molar-refractivity contribution in [2.24, 2.45) is 0 Å². The molecule has 0 saturated heterocycles. The van der Waals surface area contributed by atoms with E-state index in [4.69, 9.17) is 10.2 Å². The Balaban J connectivity index is -0.000000203. The van der Waals surface area contributed by atoms with E-state index in [1.807, 2.05) is 0 Å². The van der Waals surface area contributed by atoms with Crippen LogP contribution in [0.1, 0.15) is 51.4 Å². The maximum atomic E-state index is 10.1. The summed E-state index contributed by atoms with van der Waals surface area (Å²) in [6, 6.07) is -1.13. The first-order valence-corrected chi connectivity index (χ1v) is 11.0. The van der Waals surface area contributed by atoms with Crippen molar-refractivity contribution in [2.75, 3.05) is 13.1 Å². The van der Waals surface area contributed by atoms with Crippen molar-refractivity contribution in [1.29, 1.82) is 0 Å². The van der Waals surface area contributed by atoms with Crippen LogP contribution in [0.3, 0.4) is 0 Å². The minimum Gasteiger partial charge on any atom is -0.544 e. The predicted molar refractivity (Wildman–Crippen MR) is 111 cm³/mol. The molecule has 14 N–H and O–H groups in total. The Kier molecular flexibility index (Phi) is 28.2. The quantitative estimate of drug-likeness (QED) is 0.0961. The van der Waals surface area contributed by atoms with Crippen molar-refractivity contribution >= 4 is 47.4 Å². The summed E-state index contributed by atoms with van der Waals surface area (Å²) < 4.78 is 0. The number of carbonyl (C=O) groups is 8. The van der Waals surface area contributed by atoms with Crippen molar-refractivity contribution in [2.45, 2.75) is 63.5 Å². The number of quaternary nitrogens is 4. The van der Waals surface area contributed by atoms with Crippen molar-refractivity contribution in [1.82, 2.24) is 0 Å². The van der Waals surface area contributed by atoms with E-state index >= 15 is 0 Å². The van der Waals surface area contributed by atoms with E-state index in [1.165, 1.54) is 0 Å². The lowest BCUT2D eigenvalue weighted by Crippen LogP contribution is -2.68. The summed E-state index contributed by atoms with van der Waals surface area (Å²) in [5.74, 6) is -10.6. The van der Waals surface area contributed by atoms with Crippen molar-refractivity contribution in [3.8, 4) is 0 Å².